The number of nitrogens with two attached hydrogens (primary N) is 1. The fraction of sp³-hybridized carbons (Fsp3) is 0.0769. The number of ketones is 1. The average molecular weight is 246 g/mol. The van der Waals surface area contributed by atoms with Gasteiger partial charge in [0.15, 0.2) is 11.6 Å². The second-order valence-corrected chi connectivity index (χ2v) is 3.61. The molecule has 2 N–H and O–H groups in total. The minimum atomic E-state index is -0.676. The molecule has 2 aromatic rings. The van der Waals surface area contributed by atoms with E-state index < -0.39 is 11.6 Å². The van der Waals surface area contributed by atoms with Gasteiger partial charge in [0.2, 0.25) is 0 Å². The number of para-hydroxylation sites is 1. The number of ether oxygens (including phenoxy) is 1. The molecular weight excluding hydrogens is 235 g/mol. The highest BCUT2D eigenvalue weighted by atomic mass is 19.1. The molecule has 0 bridgehead atoms. The normalized spacial score (nSPS) is 10.1. The van der Waals surface area contributed by atoms with Gasteiger partial charge in [0.1, 0.15) is 5.75 Å². The SMILES string of the molecule is COc1cccc(C(=O)c2ccncc2F)c1N. The molecule has 0 atom stereocenters. The molecule has 92 valence electrons. The van der Waals surface area contributed by atoms with E-state index in [1.165, 1.54) is 25.4 Å². The van der Waals surface area contributed by atoms with Crippen LogP contribution in [0.4, 0.5) is 10.1 Å². The lowest BCUT2D eigenvalue weighted by Crippen LogP contribution is -2.08. The molecule has 0 saturated heterocycles. The van der Waals surface area contributed by atoms with Gasteiger partial charge in [-0.3, -0.25) is 9.78 Å². The van der Waals surface area contributed by atoms with Crippen molar-refractivity contribution in [3.8, 4) is 5.75 Å². The Kier molecular flexibility index (Phi) is 3.23. The fourth-order valence-electron chi connectivity index (χ4n) is 1.62. The summed E-state index contributed by atoms with van der Waals surface area (Å²) in [4.78, 5) is 15.7. The molecule has 5 heteroatoms. The number of benzene rings is 1. The van der Waals surface area contributed by atoms with Crippen molar-refractivity contribution in [2.75, 3.05) is 12.8 Å². The van der Waals surface area contributed by atoms with Gasteiger partial charge in [-0.15, -0.1) is 0 Å². The number of carbonyl (C=O) groups excluding carboxylic acids is 1. The van der Waals surface area contributed by atoms with Gasteiger partial charge in [-0.25, -0.2) is 4.39 Å². The quantitative estimate of drug-likeness (QED) is 0.664. The molecule has 0 aliphatic rings. The highest BCUT2D eigenvalue weighted by Gasteiger charge is 2.18. The molecule has 0 saturated carbocycles. The van der Waals surface area contributed by atoms with Crippen molar-refractivity contribution in [3.05, 3.63) is 53.6 Å². The summed E-state index contributed by atoms with van der Waals surface area (Å²) in [5.41, 5.74) is 6.14. The summed E-state index contributed by atoms with van der Waals surface area (Å²) in [6.45, 7) is 0. The van der Waals surface area contributed by atoms with Gasteiger partial charge in [0.25, 0.3) is 0 Å². The van der Waals surface area contributed by atoms with E-state index in [0.29, 0.717) is 5.75 Å². The number of hydrogen-bond acceptors (Lipinski definition) is 4. The molecule has 1 aromatic heterocycles. The lowest BCUT2D eigenvalue weighted by Gasteiger charge is -2.09. The van der Waals surface area contributed by atoms with E-state index in [9.17, 15) is 9.18 Å². The molecule has 18 heavy (non-hydrogen) atoms. The Morgan fingerprint density at radius 2 is 2.11 bits per heavy atom. The van der Waals surface area contributed by atoms with Crippen molar-refractivity contribution in [1.29, 1.82) is 0 Å². The maximum atomic E-state index is 13.5. The number of nitrogen functional groups attached to an aromatic ring is 1. The Morgan fingerprint density at radius 1 is 1.33 bits per heavy atom. The number of pyridine rings is 1. The van der Waals surface area contributed by atoms with Crippen molar-refractivity contribution in [2.45, 2.75) is 0 Å². The topological polar surface area (TPSA) is 65.2 Å². The van der Waals surface area contributed by atoms with Gasteiger partial charge in [-0.2, -0.15) is 0 Å². The molecule has 0 unspecified atom stereocenters. The largest absolute Gasteiger partial charge is 0.495 e. The van der Waals surface area contributed by atoms with Crippen LogP contribution in [0.5, 0.6) is 5.75 Å². The molecule has 0 spiro atoms. The summed E-state index contributed by atoms with van der Waals surface area (Å²) in [6, 6.07) is 6.10. The van der Waals surface area contributed by atoms with Gasteiger partial charge in [-0.05, 0) is 18.2 Å². The molecular formula is C13H11FN2O2. The van der Waals surface area contributed by atoms with Gasteiger partial charge in [0.05, 0.1) is 24.6 Å². The molecule has 4 nitrogen and oxygen atoms in total. The Labute approximate surface area is 103 Å². The first-order valence-corrected chi connectivity index (χ1v) is 5.22. The number of nitrogens with zero attached hydrogens (tertiary/aromatic N) is 1. The maximum absolute atomic E-state index is 13.5. The zero-order valence-electron chi connectivity index (χ0n) is 9.68. The van der Waals surface area contributed by atoms with Crippen LogP contribution in [0.2, 0.25) is 0 Å². The third-order valence-electron chi connectivity index (χ3n) is 2.55. The van der Waals surface area contributed by atoms with Crippen LogP contribution < -0.4 is 10.5 Å². The van der Waals surface area contributed by atoms with Crippen molar-refractivity contribution < 1.29 is 13.9 Å². The number of carbonyl (C=O) groups is 1. The van der Waals surface area contributed by atoms with E-state index in [-0.39, 0.29) is 16.8 Å². The van der Waals surface area contributed by atoms with Crippen molar-refractivity contribution in [1.82, 2.24) is 4.98 Å². The van der Waals surface area contributed by atoms with Crippen LogP contribution in [0.15, 0.2) is 36.7 Å². The minimum Gasteiger partial charge on any atom is -0.495 e. The molecule has 0 fully saturated rings. The Bertz CT molecular complexity index is 599. The first kappa shape index (κ1) is 12.0. The molecule has 0 radical (unpaired) electrons. The van der Waals surface area contributed by atoms with Crippen molar-refractivity contribution in [3.63, 3.8) is 0 Å². The van der Waals surface area contributed by atoms with Crippen LogP contribution in [0, 0.1) is 5.82 Å². The van der Waals surface area contributed by atoms with Crippen LogP contribution in [-0.2, 0) is 0 Å². The molecule has 1 heterocycles. The van der Waals surface area contributed by atoms with E-state index in [4.69, 9.17) is 10.5 Å². The zero-order chi connectivity index (χ0) is 13.1. The molecule has 0 aliphatic carbocycles. The first-order chi connectivity index (χ1) is 8.65. The van der Waals surface area contributed by atoms with Gasteiger partial charge >= 0.3 is 0 Å². The average Bonchev–Trinajstić information content (AvgIpc) is 2.39. The van der Waals surface area contributed by atoms with E-state index in [2.05, 4.69) is 4.98 Å². The number of anilines is 1. The zero-order valence-corrected chi connectivity index (χ0v) is 9.68. The number of aromatic nitrogens is 1. The van der Waals surface area contributed by atoms with E-state index >= 15 is 0 Å². The Balaban J connectivity index is 2.50. The lowest BCUT2D eigenvalue weighted by atomic mass is 10.0. The molecule has 1 aromatic carbocycles. The van der Waals surface area contributed by atoms with Crippen LogP contribution in [0.3, 0.4) is 0 Å². The summed E-state index contributed by atoms with van der Waals surface area (Å²) in [5, 5.41) is 0. The summed E-state index contributed by atoms with van der Waals surface area (Å²) in [6.07, 6.45) is 2.34. The number of halogens is 1. The summed E-state index contributed by atoms with van der Waals surface area (Å²) in [5.74, 6) is -0.786. The summed E-state index contributed by atoms with van der Waals surface area (Å²) in [7, 11) is 1.45. The number of methoxy groups -OCH3 is 1. The highest BCUT2D eigenvalue weighted by molar-refractivity contribution is 6.12. The van der Waals surface area contributed by atoms with Crippen LogP contribution in [0.1, 0.15) is 15.9 Å². The van der Waals surface area contributed by atoms with E-state index in [1.807, 2.05) is 0 Å². The lowest BCUT2D eigenvalue weighted by molar-refractivity contribution is 0.103. The molecule has 2 rings (SSSR count). The number of rotatable bonds is 3. The third kappa shape index (κ3) is 2.02. The predicted molar refractivity (Wildman–Crippen MR) is 65.0 cm³/mol. The maximum Gasteiger partial charge on any atom is 0.198 e. The monoisotopic (exact) mass is 246 g/mol. The van der Waals surface area contributed by atoms with Crippen molar-refractivity contribution >= 4 is 11.5 Å². The molecule has 0 aliphatic heterocycles. The standard InChI is InChI=1S/C13H11FN2O2/c1-18-11-4-2-3-9(12(11)15)13(17)8-5-6-16-7-10(8)14/h2-7H,15H2,1H3. The first-order valence-electron chi connectivity index (χ1n) is 5.22. The predicted octanol–water partition coefficient (Wildman–Crippen LogP) is 2.04. The van der Waals surface area contributed by atoms with E-state index in [1.54, 1.807) is 12.1 Å². The summed E-state index contributed by atoms with van der Waals surface area (Å²) < 4.78 is 18.5. The van der Waals surface area contributed by atoms with Crippen LogP contribution in [-0.4, -0.2) is 17.9 Å². The minimum absolute atomic E-state index is 0.0649. The van der Waals surface area contributed by atoms with Gasteiger partial charge in [0, 0.05) is 11.8 Å². The van der Waals surface area contributed by atoms with Gasteiger partial charge < -0.3 is 10.5 Å². The second kappa shape index (κ2) is 4.83. The smallest absolute Gasteiger partial charge is 0.198 e. The highest BCUT2D eigenvalue weighted by Crippen LogP contribution is 2.27. The van der Waals surface area contributed by atoms with Crippen LogP contribution >= 0.6 is 0 Å². The van der Waals surface area contributed by atoms with Gasteiger partial charge in [-0.1, -0.05) is 6.07 Å². The Morgan fingerprint density at radius 3 is 2.78 bits per heavy atom. The van der Waals surface area contributed by atoms with E-state index in [0.717, 1.165) is 6.20 Å². The third-order valence-corrected chi connectivity index (χ3v) is 2.55. The second-order valence-electron chi connectivity index (χ2n) is 3.61. The number of hydrogen-bond donors (Lipinski definition) is 1. The molecule has 0 amide bonds. The fourth-order valence-corrected chi connectivity index (χ4v) is 1.62. The summed E-state index contributed by atoms with van der Waals surface area (Å²) >= 11 is 0. The Hall–Kier alpha value is -2.43. The van der Waals surface area contributed by atoms with Crippen molar-refractivity contribution in [2.24, 2.45) is 0 Å². The van der Waals surface area contributed by atoms with Crippen LogP contribution in [0.25, 0.3) is 0 Å².